The van der Waals surface area contributed by atoms with Crippen molar-refractivity contribution in [2.45, 2.75) is 45.3 Å². The largest absolute Gasteiger partial charge is 0.387 e. The van der Waals surface area contributed by atoms with Gasteiger partial charge in [-0.15, -0.1) is 11.3 Å². The van der Waals surface area contributed by atoms with Gasteiger partial charge in [0.1, 0.15) is 0 Å². The smallest absolute Gasteiger partial charge is 0.0968 e. The monoisotopic (exact) mass is 342 g/mol. The van der Waals surface area contributed by atoms with Gasteiger partial charge in [-0.05, 0) is 60.5 Å². The number of hydrogen-bond donors (Lipinski definition) is 1. The highest BCUT2D eigenvalue weighted by molar-refractivity contribution is 9.10. The Kier molecular flexibility index (Phi) is 5.19. The lowest BCUT2D eigenvalue weighted by atomic mass is 10.1. The Balaban J connectivity index is 1.96. The van der Waals surface area contributed by atoms with Gasteiger partial charge in [0.15, 0.2) is 0 Å². The topological polar surface area (TPSA) is 38.0 Å². The van der Waals surface area contributed by atoms with Crippen molar-refractivity contribution in [3.8, 4) is 0 Å². The Morgan fingerprint density at radius 2 is 2.26 bits per heavy atom. The van der Waals surface area contributed by atoms with Gasteiger partial charge in [0, 0.05) is 10.9 Å². The molecule has 0 saturated heterocycles. The zero-order chi connectivity index (χ0) is 13.8. The molecule has 1 atom stereocenters. The molecule has 2 rings (SSSR count). The Morgan fingerprint density at radius 1 is 1.47 bits per heavy atom. The zero-order valence-electron chi connectivity index (χ0n) is 11.2. The van der Waals surface area contributed by atoms with Gasteiger partial charge in [-0.25, -0.2) is 0 Å². The molecule has 2 aromatic heterocycles. The van der Waals surface area contributed by atoms with E-state index in [1.165, 1.54) is 4.88 Å². The van der Waals surface area contributed by atoms with Crippen LogP contribution >= 0.6 is 27.3 Å². The molecule has 0 aliphatic carbocycles. The van der Waals surface area contributed by atoms with E-state index in [-0.39, 0.29) is 6.04 Å². The van der Waals surface area contributed by atoms with Crippen LogP contribution < -0.4 is 0 Å². The lowest BCUT2D eigenvalue weighted by Crippen LogP contribution is -2.12. The summed E-state index contributed by atoms with van der Waals surface area (Å²) in [5.41, 5.74) is 0.890. The number of halogens is 1. The molecule has 0 aromatic carbocycles. The summed E-state index contributed by atoms with van der Waals surface area (Å²) in [5.74, 6) is 0. The molecule has 0 amide bonds. The molecule has 5 heteroatoms. The number of aliphatic hydroxyl groups excluding tert-OH is 1. The average molecular weight is 343 g/mol. The van der Waals surface area contributed by atoms with Crippen molar-refractivity contribution in [2.24, 2.45) is 0 Å². The van der Waals surface area contributed by atoms with Crippen LogP contribution in [-0.4, -0.2) is 14.9 Å². The first-order valence-corrected chi connectivity index (χ1v) is 8.20. The summed E-state index contributed by atoms with van der Waals surface area (Å²) in [6.45, 7) is 4.14. The maximum atomic E-state index is 10.4. The van der Waals surface area contributed by atoms with Crippen LogP contribution in [0.1, 0.15) is 49.4 Å². The molecule has 0 spiro atoms. The predicted molar refractivity (Wildman–Crippen MR) is 82.5 cm³/mol. The molecule has 0 fully saturated rings. The van der Waals surface area contributed by atoms with E-state index in [1.54, 1.807) is 17.5 Å². The van der Waals surface area contributed by atoms with E-state index in [4.69, 9.17) is 0 Å². The van der Waals surface area contributed by atoms with Crippen molar-refractivity contribution in [1.82, 2.24) is 9.78 Å². The maximum absolute atomic E-state index is 10.4. The fourth-order valence-corrected chi connectivity index (χ4v) is 3.42. The second-order valence-corrected chi connectivity index (χ2v) is 6.79. The Morgan fingerprint density at radius 3 is 2.89 bits per heavy atom. The van der Waals surface area contributed by atoms with Gasteiger partial charge >= 0.3 is 0 Å². The van der Waals surface area contributed by atoms with Gasteiger partial charge in [-0.1, -0.05) is 6.07 Å². The molecular weight excluding hydrogens is 324 g/mol. The SMILES string of the molecule is CC(C)n1ncc(Br)c1C(O)CCCc1cccs1. The Hall–Kier alpha value is -0.650. The van der Waals surface area contributed by atoms with E-state index in [1.807, 2.05) is 4.68 Å². The van der Waals surface area contributed by atoms with E-state index in [9.17, 15) is 5.11 Å². The van der Waals surface area contributed by atoms with Crippen LogP contribution in [-0.2, 0) is 6.42 Å². The van der Waals surface area contributed by atoms with Crippen molar-refractivity contribution in [1.29, 1.82) is 0 Å². The molecule has 104 valence electrons. The molecule has 0 saturated carbocycles. The molecule has 0 bridgehead atoms. The standard InChI is InChI=1S/C14H19BrN2OS/c1-10(2)17-14(12(15)9-16-17)13(18)7-3-5-11-6-4-8-19-11/h4,6,8-10,13,18H,3,5,7H2,1-2H3. The molecule has 19 heavy (non-hydrogen) atoms. The van der Waals surface area contributed by atoms with Crippen LogP contribution in [0.2, 0.25) is 0 Å². The normalized spacial score (nSPS) is 13.1. The van der Waals surface area contributed by atoms with Crippen molar-refractivity contribution < 1.29 is 5.11 Å². The number of hydrogen-bond acceptors (Lipinski definition) is 3. The third-order valence-electron chi connectivity index (χ3n) is 3.07. The number of thiophene rings is 1. The van der Waals surface area contributed by atoms with Gasteiger partial charge in [0.25, 0.3) is 0 Å². The third-order valence-corrected chi connectivity index (χ3v) is 4.62. The molecule has 1 N–H and O–H groups in total. The lowest BCUT2D eigenvalue weighted by Gasteiger charge is -2.16. The number of aryl methyl sites for hydroxylation is 1. The molecule has 2 heterocycles. The minimum absolute atomic E-state index is 0.258. The van der Waals surface area contributed by atoms with Gasteiger partial charge in [0.05, 0.1) is 22.5 Å². The fraction of sp³-hybridized carbons (Fsp3) is 0.500. The molecule has 0 aliphatic heterocycles. The maximum Gasteiger partial charge on any atom is 0.0968 e. The van der Waals surface area contributed by atoms with Crippen LogP contribution in [0, 0.1) is 0 Å². The first-order valence-electron chi connectivity index (χ1n) is 6.53. The second-order valence-electron chi connectivity index (χ2n) is 4.90. The predicted octanol–water partition coefficient (Wildman–Crippen LogP) is 4.34. The van der Waals surface area contributed by atoms with E-state index in [2.05, 4.69) is 52.4 Å². The van der Waals surface area contributed by atoms with Crippen molar-refractivity contribution >= 4 is 27.3 Å². The van der Waals surface area contributed by atoms with Gasteiger partial charge in [-0.3, -0.25) is 4.68 Å². The highest BCUT2D eigenvalue weighted by Crippen LogP contribution is 2.29. The van der Waals surface area contributed by atoms with Crippen LogP contribution in [0.15, 0.2) is 28.2 Å². The summed E-state index contributed by atoms with van der Waals surface area (Å²) < 4.78 is 2.78. The summed E-state index contributed by atoms with van der Waals surface area (Å²) in [6.07, 6.45) is 4.07. The number of nitrogens with zero attached hydrogens (tertiary/aromatic N) is 2. The van der Waals surface area contributed by atoms with Crippen LogP contribution in [0.4, 0.5) is 0 Å². The second kappa shape index (κ2) is 6.68. The molecule has 1 unspecified atom stereocenters. The van der Waals surface area contributed by atoms with Crippen LogP contribution in [0.5, 0.6) is 0 Å². The minimum atomic E-state index is -0.459. The molecule has 0 radical (unpaired) electrons. The zero-order valence-corrected chi connectivity index (χ0v) is 13.6. The van der Waals surface area contributed by atoms with E-state index < -0.39 is 6.10 Å². The average Bonchev–Trinajstić information content (AvgIpc) is 2.98. The number of aromatic nitrogens is 2. The van der Waals surface area contributed by atoms with Crippen molar-refractivity contribution in [3.63, 3.8) is 0 Å². The summed E-state index contributed by atoms with van der Waals surface area (Å²) >= 11 is 5.25. The minimum Gasteiger partial charge on any atom is -0.387 e. The molecular formula is C14H19BrN2OS. The Labute approximate surface area is 126 Å². The van der Waals surface area contributed by atoms with Crippen molar-refractivity contribution in [2.75, 3.05) is 0 Å². The van der Waals surface area contributed by atoms with E-state index in [0.717, 1.165) is 29.4 Å². The molecule has 3 nitrogen and oxygen atoms in total. The van der Waals surface area contributed by atoms with E-state index >= 15 is 0 Å². The summed E-state index contributed by atoms with van der Waals surface area (Å²) in [5, 5.41) is 16.8. The van der Waals surface area contributed by atoms with Crippen LogP contribution in [0.25, 0.3) is 0 Å². The molecule has 0 aliphatic rings. The lowest BCUT2D eigenvalue weighted by molar-refractivity contribution is 0.151. The first kappa shape index (κ1) is 14.8. The van der Waals surface area contributed by atoms with Crippen LogP contribution in [0.3, 0.4) is 0 Å². The highest BCUT2D eigenvalue weighted by Gasteiger charge is 2.19. The molecule has 2 aromatic rings. The third kappa shape index (κ3) is 3.68. The van der Waals surface area contributed by atoms with Gasteiger partial charge in [0.2, 0.25) is 0 Å². The van der Waals surface area contributed by atoms with Gasteiger partial charge < -0.3 is 5.11 Å². The van der Waals surface area contributed by atoms with Crippen molar-refractivity contribution in [3.05, 3.63) is 38.8 Å². The fourth-order valence-electron chi connectivity index (χ4n) is 2.14. The summed E-state index contributed by atoms with van der Waals surface area (Å²) in [7, 11) is 0. The van der Waals surface area contributed by atoms with Gasteiger partial charge in [-0.2, -0.15) is 5.10 Å². The van der Waals surface area contributed by atoms with E-state index in [0.29, 0.717) is 0 Å². The number of rotatable bonds is 6. The number of aliphatic hydroxyl groups is 1. The Bertz CT molecular complexity index is 508. The first-order chi connectivity index (χ1) is 9.09. The summed E-state index contributed by atoms with van der Waals surface area (Å²) in [6, 6.07) is 4.47. The summed E-state index contributed by atoms with van der Waals surface area (Å²) in [4.78, 5) is 1.38. The highest BCUT2D eigenvalue weighted by atomic mass is 79.9. The quantitative estimate of drug-likeness (QED) is 0.847.